The lowest BCUT2D eigenvalue weighted by Crippen LogP contribution is -2.26. The van der Waals surface area contributed by atoms with Crippen molar-refractivity contribution in [3.8, 4) is 16.9 Å². The van der Waals surface area contributed by atoms with E-state index in [-0.39, 0.29) is 11.5 Å². The van der Waals surface area contributed by atoms with Gasteiger partial charge in [0, 0.05) is 24.6 Å². The van der Waals surface area contributed by atoms with Crippen molar-refractivity contribution in [3.05, 3.63) is 88.5 Å². The van der Waals surface area contributed by atoms with E-state index in [1.807, 2.05) is 48.5 Å². The Morgan fingerprint density at radius 2 is 1.82 bits per heavy atom. The van der Waals surface area contributed by atoms with Crippen molar-refractivity contribution in [1.29, 1.82) is 0 Å². The van der Waals surface area contributed by atoms with Gasteiger partial charge in [0.2, 0.25) is 5.91 Å². The fraction of sp³-hybridized carbons (Fsp3) is 0.222. The number of hydrogen-bond donors (Lipinski definition) is 1. The number of aryl methyl sites for hydroxylation is 1. The highest BCUT2D eigenvalue weighted by molar-refractivity contribution is 5.92. The number of methoxy groups -OCH3 is 1. The van der Waals surface area contributed by atoms with Gasteiger partial charge in [-0.15, -0.1) is 0 Å². The van der Waals surface area contributed by atoms with Crippen LogP contribution in [0.1, 0.15) is 31.7 Å². The molecule has 6 heteroatoms. The molecule has 0 atom stereocenters. The van der Waals surface area contributed by atoms with E-state index in [4.69, 9.17) is 9.72 Å². The van der Waals surface area contributed by atoms with Crippen molar-refractivity contribution >= 4 is 22.5 Å². The zero-order valence-corrected chi connectivity index (χ0v) is 19.1. The number of benzene rings is 3. The second kappa shape index (κ2) is 9.69. The smallest absolute Gasteiger partial charge is 0.261 e. The highest BCUT2D eigenvalue weighted by Gasteiger charge is 2.13. The minimum atomic E-state index is -0.180. The summed E-state index contributed by atoms with van der Waals surface area (Å²) in [5.74, 6) is 1.40. The highest BCUT2D eigenvalue weighted by atomic mass is 16.5. The first-order valence-electron chi connectivity index (χ1n) is 11.0. The van der Waals surface area contributed by atoms with Crippen LogP contribution in [-0.2, 0) is 17.8 Å². The summed E-state index contributed by atoms with van der Waals surface area (Å²) < 4.78 is 7.22. The third-order valence-corrected chi connectivity index (χ3v) is 5.54. The van der Waals surface area contributed by atoms with Crippen molar-refractivity contribution in [2.24, 2.45) is 0 Å². The van der Waals surface area contributed by atoms with Gasteiger partial charge in [0.15, 0.2) is 0 Å². The second-order valence-electron chi connectivity index (χ2n) is 7.98. The molecule has 0 fully saturated rings. The Hall–Kier alpha value is -3.93. The van der Waals surface area contributed by atoms with Crippen molar-refractivity contribution in [1.82, 2.24) is 9.55 Å². The van der Waals surface area contributed by atoms with E-state index in [1.165, 1.54) is 6.92 Å². The number of ether oxygens (including phenoxy) is 1. The molecule has 0 unspecified atom stereocenters. The number of fused-ring (bicyclic) bond motifs is 1. The molecule has 4 rings (SSSR count). The molecule has 0 aliphatic carbocycles. The van der Waals surface area contributed by atoms with E-state index < -0.39 is 0 Å². The van der Waals surface area contributed by atoms with E-state index in [9.17, 15) is 9.59 Å². The van der Waals surface area contributed by atoms with Gasteiger partial charge >= 0.3 is 0 Å². The summed E-state index contributed by atoms with van der Waals surface area (Å²) in [7, 11) is 1.67. The van der Waals surface area contributed by atoms with E-state index in [2.05, 4.69) is 12.2 Å². The summed E-state index contributed by atoms with van der Waals surface area (Å²) in [4.78, 5) is 29.6. The third kappa shape index (κ3) is 4.80. The SMILES string of the molecule is CCCc1nc2ccc(NC(C)=O)cc2c(=O)n1Cc1ccc(-c2ccccc2OC)cc1. The van der Waals surface area contributed by atoms with Crippen LogP contribution in [0.15, 0.2) is 71.5 Å². The highest BCUT2D eigenvalue weighted by Crippen LogP contribution is 2.29. The number of carbonyl (C=O) groups excluding carboxylic acids is 1. The summed E-state index contributed by atoms with van der Waals surface area (Å²) >= 11 is 0. The molecule has 0 saturated heterocycles. The molecule has 1 heterocycles. The molecule has 0 saturated carbocycles. The van der Waals surface area contributed by atoms with Gasteiger partial charge in [-0.1, -0.05) is 49.4 Å². The normalized spacial score (nSPS) is 10.9. The molecule has 0 bridgehead atoms. The quantitative estimate of drug-likeness (QED) is 0.436. The van der Waals surface area contributed by atoms with E-state index >= 15 is 0 Å². The Morgan fingerprint density at radius 3 is 2.52 bits per heavy atom. The number of aromatic nitrogens is 2. The number of nitrogens with one attached hydrogen (secondary N) is 1. The van der Waals surface area contributed by atoms with E-state index in [0.29, 0.717) is 29.6 Å². The average molecular weight is 442 g/mol. The number of hydrogen-bond acceptors (Lipinski definition) is 4. The van der Waals surface area contributed by atoms with Gasteiger partial charge in [-0.3, -0.25) is 14.2 Å². The summed E-state index contributed by atoms with van der Waals surface area (Å²) in [6, 6.07) is 21.3. The lowest BCUT2D eigenvalue weighted by molar-refractivity contribution is -0.114. The molecule has 0 radical (unpaired) electrons. The lowest BCUT2D eigenvalue weighted by Gasteiger charge is -2.15. The number of rotatable bonds is 7. The average Bonchev–Trinajstić information content (AvgIpc) is 2.82. The monoisotopic (exact) mass is 441 g/mol. The summed E-state index contributed by atoms with van der Waals surface area (Å²) in [5, 5.41) is 3.23. The minimum absolute atomic E-state index is 0.107. The molecule has 1 aromatic heterocycles. The van der Waals surface area contributed by atoms with Gasteiger partial charge in [0.05, 0.1) is 24.6 Å². The molecule has 33 heavy (non-hydrogen) atoms. The topological polar surface area (TPSA) is 73.2 Å². The van der Waals surface area contributed by atoms with Crippen LogP contribution in [0.3, 0.4) is 0 Å². The maximum atomic E-state index is 13.4. The van der Waals surface area contributed by atoms with E-state index in [0.717, 1.165) is 34.7 Å². The molecular formula is C27H27N3O3. The fourth-order valence-electron chi connectivity index (χ4n) is 3.98. The molecular weight excluding hydrogens is 414 g/mol. The molecule has 1 N–H and O–H groups in total. The zero-order chi connectivity index (χ0) is 23.4. The largest absolute Gasteiger partial charge is 0.496 e. The van der Waals surface area contributed by atoms with Crippen molar-refractivity contribution < 1.29 is 9.53 Å². The number of nitrogens with zero attached hydrogens (tertiary/aromatic N) is 2. The lowest BCUT2D eigenvalue weighted by atomic mass is 10.0. The first-order valence-corrected chi connectivity index (χ1v) is 11.0. The first-order chi connectivity index (χ1) is 16.0. The molecule has 0 spiro atoms. The number of amides is 1. The summed E-state index contributed by atoms with van der Waals surface area (Å²) in [6.45, 7) is 3.94. The molecule has 0 aliphatic heterocycles. The zero-order valence-electron chi connectivity index (χ0n) is 19.1. The molecule has 4 aromatic rings. The Balaban J connectivity index is 1.72. The van der Waals surface area contributed by atoms with Gasteiger partial charge in [0.25, 0.3) is 5.56 Å². The van der Waals surface area contributed by atoms with Crippen LogP contribution < -0.4 is 15.6 Å². The number of anilines is 1. The van der Waals surface area contributed by atoms with Crippen LogP contribution in [0.5, 0.6) is 5.75 Å². The van der Waals surface area contributed by atoms with Crippen LogP contribution in [-0.4, -0.2) is 22.6 Å². The van der Waals surface area contributed by atoms with Gasteiger partial charge in [-0.2, -0.15) is 0 Å². The Labute approximate surface area is 192 Å². The summed E-state index contributed by atoms with van der Waals surface area (Å²) in [5.41, 5.74) is 4.20. The number of para-hydroxylation sites is 1. The maximum Gasteiger partial charge on any atom is 0.261 e. The Kier molecular flexibility index (Phi) is 6.54. The van der Waals surface area contributed by atoms with Crippen LogP contribution in [0.25, 0.3) is 22.0 Å². The van der Waals surface area contributed by atoms with Crippen LogP contribution in [0.2, 0.25) is 0 Å². The van der Waals surface area contributed by atoms with Gasteiger partial charge in [-0.25, -0.2) is 4.98 Å². The third-order valence-electron chi connectivity index (χ3n) is 5.54. The predicted octanol–water partition coefficient (Wildman–Crippen LogP) is 5.03. The Morgan fingerprint density at radius 1 is 1.06 bits per heavy atom. The minimum Gasteiger partial charge on any atom is -0.496 e. The van der Waals surface area contributed by atoms with Gasteiger partial charge in [-0.05, 0) is 41.8 Å². The van der Waals surface area contributed by atoms with E-state index in [1.54, 1.807) is 29.9 Å². The first kappa shape index (κ1) is 22.3. The van der Waals surface area contributed by atoms with Crippen molar-refractivity contribution in [2.75, 3.05) is 12.4 Å². The number of carbonyl (C=O) groups is 1. The van der Waals surface area contributed by atoms with Crippen molar-refractivity contribution in [2.45, 2.75) is 33.2 Å². The molecule has 6 nitrogen and oxygen atoms in total. The van der Waals surface area contributed by atoms with Gasteiger partial charge in [0.1, 0.15) is 11.6 Å². The fourth-order valence-corrected chi connectivity index (χ4v) is 3.98. The van der Waals surface area contributed by atoms with Crippen LogP contribution in [0, 0.1) is 0 Å². The summed E-state index contributed by atoms with van der Waals surface area (Å²) in [6.07, 6.45) is 1.59. The molecule has 1 amide bonds. The molecule has 3 aromatic carbocycles. The van der Waals surface area contributed by atoms with Crippen molar-refractivity contribution in [3.63, 3.8) is 0 Å². The molecule has 0 aliphatic rings. The second-order valence-corrected chi connectivity index (χ2v) is 7.98. The predicted molar refractivity (Wildman–Crippen MR) is 132 cm³/mol. The van der Waals surface area contributed by atoms with Crippen LogP contribution in [0.4, 0.5) is 5.69 Å². The van der Waals surface area contributed by atoms with Gasteiger partial charge < -0.3 is 10.1 Å². The standard InChI is InChI=1S/C27H27N3O3/c1-4-7-26-29-24-15-14-21(28-18(2)31)16-23(24)27(32)30(26)17-19-10-12-20(13-11-19)22-8-5-6-9-25(22)33-3/h5-6,8-16H,4,7,17H2,1-3H3,(H,28,31). The Bertz CT molecular complexity index is 1360. The molecule has 168 valence electrons. The maximum absolute atomic E-state index is 13.4. The van der Waals surface area contributed by atoms with Crippen LogP contribution >= 0.6 is 0 Å².